The maximum atomic E-state index is 11.3. The van der Waals surface area contributed by atoms with Crippen molar-refractivity contribution in [1.82, 2.24) is 19.8 Å². The molecule has 1 aromatic heterocycles. The first kappa shape index (κ1) is 16.3. The second kappa shape index (κ2) is 7.36. The second-order valence-electron chi connectivity index (χ2n) is 6.83. The number of nitrogens with zero attached hydrogens (tertiary/aromatic N) is 4. The largest absolute Gasteiger partial charge is 0.392 e. The van der Waals surface area contributed by atoms with E-state index < -0.39 is 0 Å². The molecule has 0 aliphatic carbocycles. The van der Waals surface area contributed by atoms with Crippen LogP contribution in [0.3, 0.4) is 0 Å². The van der Waals surface area contributed by atoms with E-state index >= 15 is 0 Å². The highest BCUT2D eigenvalue weighted by Crippen LogP contribution is 2.21. The normalized spacial score (nSPS) is 23.4. The summed E-state index contributed by atoms with van der Waals surface area (Å²) in [6.45, 7) is 5.80. The fourth-order valence-corrected chi connectivity index (χ4v) is 3.50. The minimum Gasteiger partial charge on any atom is -0.392 e. The molecule has 2 saturated heterocycles. The van der Waals surface area contributed by atoms with E-state index in [-0.39, 0.29) is 12.0 Å². The summed E-state index contributed by atoms with van der Waals surface area (Å²) < 4.78 is 0. The molecule has 0 spiro atoms. The molecule has 2 fully saturated rings. The van der Waals surface area contributed by atoms with E-state index in [1.807, 2.05) is 17.3 Å². The number of aliphatic hydroxyl groups is 1. The number of hydrogen-bond donors (Lipinski definition) is 1. The summed E-state index contributed by atoms with van der Waals surface area (Å²) in [7, 11) is 0. The molecule has 0 radical (unpaired) electrons. The molecule has 6 heteroatoms. The first-order valence-electron chi connectivity index (χ1n) is 8.56. The van der Waals surface area contributed by atoms with Gasteiger partial charge in [-0.2, -0.15) is 0 Å². The fraction of sp³-hybridized carbons (Fsp3) is 0.706. The minimum absolute atomic E-state index is 0.180. The Kier molecular flexibility index (Phi) is 5.23. The second-order valence-corrected chi connectivity index (χ2v) is 6.83. The Morgan fingerprint density at radius 1 is 1.17 bits per heavy atom. The van der Waals surface area contributed by atoms with E-state index in [9.17, 15) is 9.90 Å². The predicted octanol–water partition coefficient (Wildman–Crippen LogP) is 0.844. The summed E-state index contributed by atoms with van der Waals surface area (Å²) in [5, 5.41) is 9.55. The lowest BCUT2D eigenvalue weighted by atomic mass is 9.92. The monoisotopic (exact) mass is 318 g/mol. The van der Waals surface area contributed by atoms with Gasteiger partial charge in [-0.05, 0) is 31.6 Å². The molecule has 2 aliphatic rings. The first-order valence-corrected chi connectivity index (χ1v) is 8.56. The lowest BCUT2D eigenvalue weighted by molar-refractivity contribution is -0.130. The predicted molar refractivity (Wildman–Crippen MR) is 86.6 cm³/mol. The van der Waals surface area contributed by atoms with Gasteiger partial charge in [0.2, 0.25) is 5.91 Å². The average molecular weight is 318 g/mol. The Morgan fingerprint density at radius 2 is 1.87 bits per heavy atom. The standard InChI is InChI=1S/C17H26N4O2/c1-13(22)21-6-2-14(3-7-21)8-15-9-19-16(10-18-15)11-20-5-4-17(23)12-20/h9-10,14,17,23H,2-8,11-12H2,1H3. The van der Waals surface area contributed by atoms with Crippen molar-refractivity contribution in [3.63, 3.8) is 0 Å². The van der Waals surface area contributed by atoms with E-state index in [1.54, 1.807) is 6.92 Å². The average Bonchev–Trinajstić information content (AvgIpc) is 2.95. The van der Waals surface area contributed by atoms with Gasteiger partial charge < -0.3 is 10.0 Å². The van der Waals surface area contributed by atoms with Crippen LogP contribution in [-0.2, 0) is 17.8 Å². The number of piperidine rings is 1. The Hall–Kier alpha value is -1.53. The number of hydrogen-bond acceptors (Lipinski definition) is 5. The van der Waals surface area contributed by atoms with Crippen LogP contribution in [0.25, 0.3) is 0 Å². The molecule has 3 rings (SSSR count). The molecule has 23 heavy (non-hydrogen) atoms. The molecule has 0 aromatic carbocycles. The van der Waals surface area contributed by atoms with Crippen molar-refractivity contribution in [2.24, 2.45) is 5.92 Å². The molecule has 1 unspecified atom stereocenters. The van der Waals surface area contributed by atoms with E-state index in [0.29, 0.717) is 5.92 Å². The molecule has 2 aliphatic heterocycles. The molecule has 1 aromatic rings. The van der Waals surface area contributed by atoms with Crippen molar-refractivity contribution in [3.05, 3.63) is 23.8 Å². The molecule has 6 nitrogen and oxygen atoms in total. The van der Waals surface area contributed by atoms with Gasteiger partial charge in [0.1, 0.15) is 0 Å². The number of carbonyl (C=O) groups excluding carboxylic acids is 1. The van der Waals surface area contributed by atoms with Crippen molar-refractivity contribution in [2.75, 3.05) is 26.2 Å². The van der Waals surface area contributed by atoms with E-state index in [2.05, 4.69) is 14.9 Å². The third kappa shape index (κ3) is 4.48. The molecule has 0 bridgehead atoms. The van der Waals surface area contributed by atoms with Gasteiger partial charge >= 0.3 is 0 Å². The number of likely N-dealkylation sites (tertiary alicyclic amines) is 2. The van der Waals surface area contributed by atoms with Crippen molar-refractivity contribution < 1.29 is 9.90 Å². The lowest BCUT2D eigenvalue weighted by Crippen LogP contribution is -2.37. The molecule has 126 valence electrons. The van der Waals surface area contributed by atoms with Gasteiger partial charge in [-0.1, -0.05) is 0 Å². The number of amides is 1. The van der Waals surface area contributed by atoms with Gasteiger partial charge in [0.15, 0.2) is 0 Å². The van der Waals surface area contributed by atoms with Crippen LogP contribution in [0.4, 0.5) is 0 Å². The minimum atomic E-state index is -0.192. The fourth-order valence-electron chi connectivity index (χ4n) is 3.50. The van der Waals surface area contributed by atoms with Crippen molar-refractivity contribution in [2.45, 2.75) is 45.3 Å². The Morgan fingerprint density at radius 3 is 2.43 bits per heavy atom. The van der Waals surface area contributed by atoms with Gasteiger partial charge in [0.25, 0.3) is 0 Å². The van der Waals surface area contributed by atoms with Crippen LogP contribution in [0.15, 0.2) is 12.4 Å². The van der Waals surface area contributed by atoms with Crippen molar-refractivity contribution in [1.29, 1.82) is 0 Å². The van der Waals surface area contributed by atoms with Crippen molar-refractivity contribution in [3.8, 4) is 0 Å². The van der Waals surface area contributed by atoms with Gasteiger partial charge in [-0.3, -0.25) is 19.7 Å². The smallest absolute Gasteiger partial charge is 0.219 e. The maximum absolute atomic E-state index is 11.3. The summed E-state index contributed by atoms with van der Waals surface area (Å²) in [6.07, 6.45) is 7.46. The van der Waals surface area contributed by atoms with E-state index in [4.69, 9.17) is 0 Å². The number of aromatic nitrogens is 2. The van der Waals surface area contributed by atoms with Crippen LogP contribution in [0.5, 0.6) is 0 Å². The Labute approximate surface area is 137 Å². The zero-order valence-corrected chi connectivity index (χ0v) is 13.8. The highest BCUT2D eigenvalue weighted by Gasteiger charge is 2.22. The van der Waals surface area contributed by atoms with Crippen LogP contribution < -0.4 is 0 Å². The zero-order chi connectivity index (χ0) is 16.2. The highest BCUT2D eigenvalue weighted by atomic mass is 16.3. The van der Waals surface area contributed by atoms with E-state index in [1.165, 1.54) is 0 Å². The first-order chi connectivity index (χ1) is 11.1. The highest BCUT2D eigenvalue weighted by molar-refractivity contribution is 5.73. The Bertz CT molecular complexity index is 526. The number of carbonyl (C=O) groups is 1. The van der Waals surface area contributed by atoms with Gasteiger partial charge in [-0.25, -0.2) is 0 Å². The third-order valence-electron chi connectivity index (χ3n) is 4.95. The molecule has 1 amide bonds. The SMILES string of the molecule is CC(=O)N1CCC(Cc2cnc(CN3CCC(O)C3)cn2)CC1. The summed E-state index contributed by atoms with van der Waals surface area (Å²) in [6, 6.07) is 0. The summed E-state index contributed by atoms with van der Waals surface area (Å²) in [5.74, 6) is 0.777. The Balaban J connectivity index is 1.47. The van der Waals surface area contributed by atoms with E-state index in [0.717, 1.165) is 69.8 Å². The van der Waals surface area contributed by atoms with Crippen LogP contribution in [-0.4, -0.2) is 63.1 Å². The molecule has 1 atom stereocenters. The number of β-amino-alcohol motifs (C(OH)–C–C–N with tert-alkyl or cyclic N) is 1. The lowest BCUT2D eigenvalue weighted by Gasteiger charge is -2.31. The number of aliphatic hydroxyl groups excluding tert-OH is 1. The van der Waals surface area contributed by atoms with Gasteiger partial charge in [0, 0.05) is 45.8 Å². The zero-order valence-electron chi connectivity index (χ0n) is 13.8. The van der Waals surface area contributed by atoms with Crippen LogP contribution in [0.2, 0.25) is 0 Å². The molecular formula is C17H26N4O2. The van der Waals surface area contributed by atoms with Crippen LogP contribution >= 0.6 is 0 Å². The quantitative estimate of drug-likeness (QED) is 0.891. The van der Waals surface area contributed by atoms with Crippen LogP contribution in [0.1, 0.15) is 37.6 Å². The third-order valence-corrected chi connectivity index (χ3v) is 4.95. The maximum Gasteiger partial charge on any atom is 0.219 e. The molecule has 3 heterocycles. The van der Waals surface area contributed by atoms with Crippen molar-refractivity contribution >= 4 is 5.91 Å². The number of rotatable bonds is 4. The summed E-state index contributed by atoms with van der Waals surface area (Å²) >= 11 is 0. The van der Waals surface area contributed by atoms with Gasteiger partial charge in [-0.15, -0.1) is 0 Å². The molecular weight excluding hydrogens is 292 g/mol. The summed E-state index contributed by atoms with van der Waals surface area (Å²) in [4.78, 5) is 24.6. The molecule has 0 saturated carbocycles. The molecule has 1 N–H and O–H groups in total. The van der Waals surface area contributed by atoms with Crippen LogP contribution in [0, 0.1) is 5.92 Å². The topological polar surface area (TPSA) is 69.6 Å². The summed E-state index contributed by atoms with van der Waals surface area (Å²) in [5.41, 5.74) is 2.01. The van der Waals surface area contributed by atoms with Gasteiger partial charge in [0.05, 0.1) is 23.7 Å².